The van der Waals surface area contributed by atoms with Gasteiger partial charge in [-0.3, -0.25) is 14.8 Å². The van der Waals surface area contributed by atoms with E-state index in [9.17, 15) is 13.6 Å². The molecule has 4 fully saturated rings. The molecule has 0 aliphatic carbocycles. The van der Waals surface area contributed by atoms with Gasteiger partial charge in [0.25, 0.3) is 0 Å². The Morgan fingerprint density at radius 3 is 2.38 bits per heavy atom. The fourth-order valence-corrected chi connectivity index (χ4v) is 7.55. The van der Waals surface area contributed by atoms with Gasteiger partial charge in [0.1, 0.15) is 11.6 Å². The van der Waals surface area contributed by atoms with Crippen LogP contribution in [-0.4, -0.2) is 90.6 Å². The number of likely N-dealkylation sites (tertiary alicyclic amines) is 1. The van der Waals surface area contributed by atoms with E-state index < -0.39 is 5.82 Å². The molecule has 1 N–H and O–H groups in total. The first-order valence-electron chi connectivity index (χ1n) is 16.2. The maximum atomic E-state index is 13.5. The van der Waals surface area contributed by atoms with E-state index in [-0.39, 0.29) is 29.7 Å². The van der Waals surface area contributed by atoms with Gasteiger partial charge in [-0.25, -0.2) is 28.7 Å². The SMILES string of the molecule is O=C(CN1CC[C@@H](c2ncc3cc4[nH]nc(-c5ccc(F)cc5)c4cc3n2)C1)N1[C@H]2C[C@H]1CN(c1ccc(-c3ncc(F)cn3)cc1)C2. The van der Waals surface area contributed by atoms with Crippen molar-refractivity contribution in [2.24, 2.45) is 0 Å². The second-order valence-corrected chi connectivity index (χ2v) is 13.0. The summed E-state index contributed by atoms with van der Waals surface area (Å²) in [4.78, 5) is 38.0. The molecule has 0 saturated carbocycles. The van der Waals surface area contributed by atoms with Crippen LogP contribution in [0.2, 0.25) is 0 Å². The van der Waals surface area contributed by atoms with Crippen LogP contribution in [0.5, 0.6) is 0 Å². The van der Waals surface area contributed by atoms with Gasteiger partial charge in [-0.1, -0.05) is 0 Å². The number of fused-ring (bicyclic) bond motifs is 4. The van der Waals surface area contributed by atoms with Crippen molar-refractivity contribution in [1.29, 1.82) is 0 Å². The number of nitrogens with one attached hydrogen (secondary N) is 1. The second kappa shape index (κ2) is 11.4. The van der Waals surface area contributed by atoms with Gasteiger partial charge in [0.05, 0.1) is 47.7 Å². The minimum atomic E-state index is -0.457. The van der Waals surface area contributed by atoms with Crippen molar-refractivity contribution in [3.8, 4) is 22.6 Å². The number of carbonyl (C=O) groups excluding carboxylic acids is 1. The van der Waals surface area contributed by atoms with Gasteiger partial charge in [-0.15, -0.1) is 0 Å². The van der Waals surface area contributed by atoms with E-state index in [0.29, 0.717) is 12.4 Å². The summed E-state index contributed by atoms with van der Waals surface area (Å²) in [6.45, 7) is 3.57. The minimum absolute atomic E-state index is 0.147. The molecule has 0 spiro atoms. The van der Waals surface area contributed by atoms with Gasteiger partial charge in [-0.05, 0) is 80.1 Å². The molecule has 7 heterocycles. The smallest absolute Gasteiger partial charge is 0.237 e. The molecular weight excluding hydrogens is 612 g/mol. The summed E-state index contributed by atoms with van der Waals surface area (Å²) >= 11 is 0. The number of piperazine rings is 1. The zero-order valence-electron chi connectivity index (χ0n) is 25.9. The van der Waals surface area contributed by atoms with Crippen LogP contribution in [-0.2, 0) is 4.79 Å². The highest BCUT2D eigenvalue weighted by molar-refractivity contribution is 6.01. The standard InChI is InChI=1S/C36H31F2N9O/c37-25-5-1-21(2-6-25)34-30-13-31-24(11-32(30)43-44-34)14-39-36(42-31)23-9-10-45(17-23)20-33(48)47-28-12-29(47)19-46(18-28)27-7-3-22(4-8-27)35-40-15-26(38)16-41-35/h1-8,11,13-16,23,28-29H,9-10,12,17-20H2,(H,43,44)/t23-,28+,29+/m1/s1. The summed E-state index contributed by atoms with van der Waals surface area (Å²) in [7, 11) is 0. The van der Waals surface area contributed by atoms with Gasteiger partial charge in [0.2, 0.25) is 5.91 Å². The zero-order chi connectivity index (χ0) is 32.4. The fraction of sp³-hybridized carbons (Fsp3) is 0.278. The van der Waals surface area contributed by atoms with Crippen molar-refractivity contribution in [2.75, 3.05) is 37.6 Å². The normalized spacial score (nSPS) is 20.8. The number of nitrogens with zero attached hydrogens (tertiary/aromatic N) is 8. The number of aromatic nitrogens is 6. The molecule has 4 aliphatic rings. The van der Waals surface area contributed by atoms with Gasteiger partial charge in [0.15, 0.2) is 11.6 Å². The summed E-state index contributed by atoms with van der Waals surface area (Å²) in [5, 5.41) is 9.41. The number of carbonyl (C=O) groups is 1. The molecule has 12 heteroatoms. The van der Waals surface area contributed by atoms with Crippen molar-refractivity contribution < 1.29 is 13.6 Å². The molecule has 10 rings (SSSR count). The van der Waals surface area contributed by atoms with E-state index in [1.807, 2.05) is 42.6 Å². The molecule has 3 atom stereocenters. The number of halogens is 2. The molecule has 6 aromatic rings. The van der Waals surface area contributed by atoms with Crippen molar-refractivity contribution in [3.63, 3.8) is 0 Å². The highest BCUT2D eigenvalue weighted by atomic mass is 19.1. The van der Waals surface area contributed by atoms with E-state index in [1.54, 1.807) is 12.1 Å². The number of hydrogen-bond donors (Lipinski definition) is 1. The Balaban J connectivity index is 0.837. The molecular formula is C36H31F2N9O. The van der Waals surface area contributed by atoms with Crippen LogP contribution in [0.1, 0.15) is 24.6 Å². The van der Waals surface area contributed by atoms with E-state index in [1.165, 1.54) is 24.5 Å². The molecule has 240 valence electrons. The van der Waals surface area contributed by atoms with Crippen LogP contribution in [0.4, 0.5) is 14.5 Å². The Labute approximate surface area is 274 Å². The van der Waals surface area contributed by atoms with Gasteiger partial charge in [-0.2, -0.15) is 5.10 Å². The fourth-order valence-electron chi connectivity index (χ4n) is 7.55. The summed E-state index contributed by atoms with van der Waals surface area (Å²) in [6, 6.07) is 18.8. The molecule has 10 nitrogen and oxygen atoms in total. The topological polar surface area (TPSA) is 107 Å². The van der Waals surface area contributed by atoms with Crippen LogP contribution in [0.3, 0.4) is 0 Å². The van der Waals surface area contributed by atoms with E-state index >= 15 is 0 Å². The van der Waals surface area contributed by atoms with Crippen LogP contribution in [0, 0.1) is 11.6 Å². The maximum absolute atomic E-state index is 13.5. The van der Waals surface area contributed by atoms with E-state index in [0.717, 1.165) is 89.2 Å². The Morgan fingerprint density at radius 1 is 0.854 bits per heavy atom. The number of hydrogen-bond acceptors (Lipinski definition) is 8. The number of amides is 1. The molecule has 0 radical (unpaired) electrons. The quantitative estimate of drug-likeness (QED) is 0.265. The maximum Gasteiger partial charge on any atom is 0.237 e. The van der Waals surface area contributed by atoms with Crippen molar-refractivity contribution >= 4 is 33.4 Å². The molecule has 4 aliphatic heterocycles. The summed E-state index contributed by atoms with van der Waals surface area (Å²) in [5.41, 5.74) is 5.23. The highest BCUT2D eigenvalue weighted by Crippen LogP contribution is 2.36. The Bertz CT molecular complexity index is 2140. The largest absolute Gasteiger partial charge is 0.367 e. The molecule has 48 heavy (non-hydrogen) atoms. The number of piperidine rings is 1. The highest BCUT2D eigenvalue weighted by Gasteiger charge is 2.47. The summed E-state index contributed by atoms with van der Waals surface area (Å²) in [5.74, 6) is 0.876. The van der Waals surface area contributed by atoms with Gasteiger partial charge in [0, 0.05) is 59.3 Å². The number of aromatic amines is 1. The number of H-pyrrole nitrogens is 1. The molecule has 4 saturated heterocycles. The Kier molecular flexibility index (Phi) is 6.85. The lowest BCUT2D eigenvalue weighted by Crippen LogP contribution is -2.71. The van der Waals surface area contributed by atoms with E-state index in [2.05, 4.69) is 34.9 Å². The van der Waals surface area contributed by atoms with Crippen molar-refractivity contribution in [1.82, 2.24) is 39.9 Å². The molecule has 3 aromatic carbocycles. The third-order valence-electron chi connectivity index (χ3n) is 9.99. The first-order chi connectivity index (χ1) is 23.4. The molecule has 2 bridgehead atoms. The van der Waals surface area contributed by atoms with Crippen LogP contribution < -0.4 is 4.90 Å². The predicted molar refractivity (Wildman–Crippen MR) is 177 cm³/mol. The lowest BCUT2D eigenvalue weighted by atomic mass is 9.87. The third-order valence-corrected chi connectivity index (χ3v) is 9.99. The van der Waals surface area contributed by atoms with Crippen LogP contribution in [0.25, 0.3) is 44.5 Å². The van der Waals surface area contributed by atoms with Crippen LogP contribution >= 0.6 is 0 Å². The van der Waals surface area contributed by atoms with E-state index in [4.69, 9.17) is 9.97 Å². The van der Waals surface area contributed by atoms with Crippen molar-refractivity contribution in [2.45, 2.75) is 30.8 Å². The molecule has 1 amide bonds. The number of benzene rings is 3. The first-order valence-corrected chi connectivity index (χ1v) is 16.2. The zero-order valence-corrected chi connectivity index (χ0v) is 25.9. The second-order valence-electron chi connectivity index (χ2n) is 13.0. The van der Waals surface area contributed by atoms with Crippen molar-refractivity contribution in [3.05, 3.63) is 96.7 Å². The molecule has 3 aromatic heterocycles. The average Bonchev–Trinajstić information content (AvgIpc) is 3.75. The Morgan fingerprint density at radius 2 is 1.60 bits per heavy atom. The summed E-state index contributed by atoms with van der Waals surface area (Å²) < 4.78 is 26.7. The average molecular weight is 644 g/mol. The third kappa shape index (κ3) is 5.12. The van der Waals surface area contributed by atoms with Gasteiger partial charge < -0.3 is 9.80 Å². The van der Waals surface area contributed by atoms with Crippen LogP contribution in [0.15, 0.2) is 79.3 Å². The number of rotatable bonds is 6. The van der Waals surface area contributed by atoms with Gasteiger partial charge >= 0.3 is 0 Å². The Hall–Kier alpha value is -5.36. The predicted octanol–water partition coefficient (Wildman–Crippen LogP) is 5.19. The number of anilines is 1. The lowest BCUT2D eigenvalue weighted by molar-refractivity contribution is -0.147. The lowest BCUT2D eigenvalue weighted by Gasteiger charge is -2.57. The summed E-state index contributed by atoms with van der Waals surface area (Å²) in [6.07, 6.45) is 6.13. The minimum Gasteiger partial charge on any atom is -0.367 e. The first kappa shape index (κ1) is 28.8. The monoisotopic (exact) mass is 643 g/mol. The molecule has 0 unspecified atom stereocenters.